The van der Waals surface area contributed by atoms with Gasteiger partial charge in [-0.3, -0.25) is 0 Å². The van der Waals surface area contributed by atoms with E-state index >= 15 is 0 Å². The van der Waals surface area contributed by atoms with Gasteiger partial charge < -0.3 is 4.90 Å². The summed E-state index contributed by atoms with van der Waals surface area (Å²) in [5, 5.41) is 0. The van der Waals surface area contributed by atoms with Crippen LogP contribution in [-0.4, -0.2) is 29.9 Å². The second-order valence-electron chi connectivity index (χ2n) is 3.42. The molecule has 2 heteroatoms. The smallest absolute Gasteiger partial charge is 0.0224 e. The van der Waals surface area contributed by atoms with Gasteiger partial charge in [0.2, 0.25) is 0 Å². The zero-order valence-corrected chi connectivity index (χ0v) is 8.11. The van der Waals surface area contributed by atoms with E-state index in [9.17, 15) is 0 Å². The van der Waals surface area contributed by atoms with Crippen LogP contribution in [0.2, 0.25) is 0 Å². The fourth-order valence-corrected chi connectivity index (χ4v) is 1.89. The van der Waals surface area contributed by atoms with Crippen molar-refractivity contribution in [2.45, 2.75) is 38.6 Å². The molecule has 0 aliphatic carbocycles. The number of hydrogen-bond acceptors (Lipinski definition) is 1. The summed E-state index contributed by atoms with van der Waals surface area (Å²) < 4.78 is 0. The van der Waals surface area contributed by atoms with E-state index < -0.39 is 0 Å². The Kier molecular flexibility index (Phi) is 4.24. The third-order valence-electron chi connectivity index (χ3n) is 2.52. The second kappa shape index (κ2) is 5.00. The van der Waals surface area contributed by atoms with Gasteiger partial charge >= 0.3 is 0 Å². The monoisotopic (exact) mass is 175 g/mol. The lowest BCUT2D eigenvalue weighted by molar-refractivity contribution is 0.246. The van der Waals surface area contributed by atoms with E-state index in [4.69, 9.17) is 11.6 Å². The van der Waals surface area contributed by atoms with E-state index in [2.05, 4.69) is 11.8 Å². The molecule has 0 aromatic carbocycles. The summed E-state index contributed by atoms with van der Waals surface area (Å²) in [5.41, 5.74) is 0. The average Bonchev–Trinajstić information content (AvgIpc) is 2.52. The summed E-state index contributed by atoms with van der Waals surface area (Å²) in [6.45, 7) is 4.94. The molecule has 0 saturated carbocycles. The normalized spacial score (nSPS) is 22.4. The molecule has 0 spiro atoms. The van der Waals surface area contributed by atoms with Crippen LogP contribution >= 0.6 is 11.6 Å². The summed E-state index contributed by atoms with van der Waals surface area (Å²) in [6, 6.07) is 0.760. The van der Waals surface area contributed by atoms with Crippen LogP contribution in [0.25, 0.3) is 0 Å². The van der Waals surface area contributed by atoms with Crippen molar-refractivity contribution >= 4 is 11.6 Å². The summed E-state index contributed by atoms with van der Waals surface area (Å²) in [6.07, 6.45) is 5.22. The minimum absolute atomic E-state index is 0.760. The molecule has 1 aliphatic rings. The number of alkyl halides is 1. The van der Waals surface area contributed by atoms with Crippen molar-refractivity contribution in [1.29, 1.82) is 0 Å². The van der Waals surface area contributed by atoms with Gasteiger partial charge in [-0.1, -0.05) is 0 Å². The molecular formula is C9H18ClN. The minimum atomic E-state index is 0.760. The van der Waals surface area contributed by atoms with E-state index in [0.717, 1.165) is 11.9 Å². The van der Waals surface area contributed by atoms with Gasteiger partial charge in [0.1, 0.15) is 0 Å². The first kappa shape index (κ1) is 9.34. The summed E-state index contributed by atoms with van der Waals surface area (Å²) in [4.78, 5) is 2.58. The molecular weight excluding hydrogens is 158 g/mol. The molecule has 0 amide bonds. The van der Waals surface area contributed by atoms with Crippen molar-refractivity contribution in [2.75, 3.05) is 19.0 Å². The van der Waals surface area contributed by atoms with Gasteiger partial charge in [-0.25, -0.2) is 0 Å². The van der Waals surface area contributed by atoms with Crippen molar-refractivity contribution in [3.8, 4) is 0 Å². The van der Waals surface area contributed by atoms with Crippen LogP contribution in [0, 0.1) is 0 Å². The first-order valence-electron chi connectivity index (χ1n) is 4.64. The predicted molar refractivity (Wildman–Crippen MR) is 50.2 cm³/mol. The van der Waals surface area contributed by atoms with Crippen molar-refractivity contribution in [1.82, 2.24) is 4.90 Å². The topological polar surface area (TPSA) is 3.24 Å². The average molecular weight is 176 g/mol. The van der Waals surface area contributed by atoms with Crippen LogP contribution in [0.3, 0.4) is 0 Å². The molecule has 0 aromatic rings. The molecule has 1 atom stereocenters. The van der Waals surface area contributed by atoms with Gasteiger partial charge in [-0.05, 0) is 45.7 Å². The lowest BCUT2D eigenvalue weighted by Crippen LogP contribution is -2.29. The van der Waals surface area contributed by atoms with Gasteiger partial charge in [0, 0.05) is 11.9 Å². The highest BCUT2D eigenvalue weighted by Gasteiger charge is 2.16. The zero-order valence-electron chi connectivity index (χ0n) is 7.35. The lowest BCUT2D eigenvalue weighted by Gasteiger charge is -2.23. The number of nitrogens with zero attached hydrogens (tertiary/aromatic N) is 1. The summed E-state index contributed by atoms with van der Waals surface area (Å²) >= 11 is 5.63. The van der Waals surface area contributed by atoms with E-state index in [1.54, 1.807) is 0 Å². The Morgan fingerprint density at radius 2 is 2.00 bits per heavy atom. The van der Waals surface area contributed by atoms with Gasteiger partial charge in [-0.15, -0.1) is 11.6 Å². The minimum Gasteiger partial charge on any atom is -0.301 e. The molecule has 1 aliphatic heterocycles. The Morgan fingerprint density at radius 1 is 1.36 bits per heavy atom. The number of halogens is 1. The number of rotatable bonds is 4. The first-order chi connectivity index (χ1) is 5.34. The van der Waals surface area contributed by atoms with Crippen LogP contribution in [0.4, 0.5) is 0 Å². The fourth-order valence-electron chi connectivity index (χ4n) is 1.74. The molecule has 1 fully saturated rings. The molecule has 11 heavy (non-hydrogen) atoms. The van der Waals surface area contributed by atoms with Crippen LogP contribution in [-0.2, 0) is 0 Å². The fraction of sp³-hybridized carbons (Fsp3) is 1.00. The largest absolute Gasteiger partial charge is 0.301 e. The van der Waals surface area contributed by atoms with Crippen LogP contribution in [0.5, 0.6) is 0 Å². The Hall–Kier alpha value is 0.250. The Balaban J connectivity index is 2.12. The van der Waals surface area contributed by atoms with E-state index in [-0.39, 0.29) is 0 Å². The van der Waals surface area contributed by atoms with E-state index in [1.165, 1.54) is 38.8 Å². The van der Waals surface area contributed by atoms with Crippen molar-refractivity contribution in [3.05, 3.63) is 0 Å². The quantitative estimate of drug-likeness (QED) is 0.594. The predicted octanol–water partition coefficient (Wildman–Crippen LogP) is 2.49. The molecule has 0 unspecified atom stereocenters. The lowest BCUT2D eigenvalue weighted by atomic mass is 10.2. The van der Waals surface area contributed by atoms with Gasteiger partial charge in [0.15, 0.2) is 0 Å². The zero-order chi connectivity index (χ0) is 8.10. The van der Waals surface area contributed by atoms with Crippen LogP contribution < -0.4 is 0 Å². The van der Waals surface area contributed by atoms with Crippen molar-refractivity contribution in [3.63, 3.8) is 0 Å². The molecule has 0 aromatic heterocycles. The molecule has 66 valence electrons. The number of likely N-dealkylation sites (tertiary alicyclic amines) is 1. The van der Waals surface area contributed by atoms with Gasteiger partial charge in [-0.2, -0.15) is 0 Å². The molecule has 1 saturated heterocycles. The van der Waals surface area contributed by atoms with Crippen molar-refractivity contribution in [2.24, 2.45) is 0 Å². The van der Waals surface area contributed by atoms with E-state index in [0.29, 0.717) is 0 Å². The summed E-state index contributed by atoms with van der Waals surface area (Å²) in [7, 11) is 0. The Morgan fingerprint density at radius 3 is 2.55 bits per heavy atom. The Labute approximate surface area is 74.7 Å². The highest BCUT2D eigenvalue weighted by Crippen LogP contribution is 2.14. The molecule has 0 N–H and O–H groups in total. The SMILES string of the molecule is C[C@@H](CCCCl)N1CCCC1. The van der Waals surface area contributed by atoms with Crippen molar-refractivity contribution < 1.29 is 0 Å². The third kappa shape index (κ3) is 3.00. The number of hydrogen-bond donors (Lipinski definition) is 0. The maximum absolute atomic E-state index is 5.63. The standard InChI is InChI=1S/C9H18ClN/c1-9(5-4-6-10)11-7-2-3-8-11/h9H,2-8H2,1H3/t9-/m0/s1. The molecule has 1 nitrogen and oxygen atoms in total. The maximum Gasteiger partial charge on any atom is 0.0224 e. The van der Waals surface area contributed by atoms with Gasteiger partial charge in [0.25, 0.3) is 0 Å². The first-order valence-corrected chi connectivity index (χ1v) is 5.18. The third-order valence-corrected chi connectivity index (χ3v) is 2.79. The summed E-state index contributed by atoms with van der Waals surface area (Å²) in [5.74, 6) is 0.818. The highest BCUT2D eigenvalue weighted by atomic mass is 35.5. The van der Waals surface area contributed by atoms with Crippen LogP contribution in [0.1, 0.15) is 32.6 Å². The van der Waals surface area contributed by atoms with Crippen LogP contribution in [0.15, 0.2) is 0 Å². The highest BCUT2D eigenvalue weighted by molar-refractivity contribution is 6.17. The van der Waals surface area contributed by atoms with E-state index in [1.807, 2.05) is 0 Å². The molecule has 1 rings (SSSR count). The maximum atomic E-state index is 5.63. The molecule has 0 bridgehead atoms. The second-order valence-corrected chi connectivity index (χ2v) is 3.80. The molecule has 1 heterocycles. The van der Waals surface area contributed by atoms with Gasteiger partial charge in [0.05, 0.1) is 0 Å². The molecule has 0 radical (unpaired) electrons. The Bertz CT molecular complexity index is 99.7.